The van der Waals surface area contributed by atoms with Gasteiger partial charge in [-0.2, -0.15) is 0 Å². The number of pyridine rings is 1. The summed E-state index contributed by atoms with van der Waals surface area (Å²) < 4.78 is 5.85. The number of hydrogen-bond donors (Lipinski definition) is 1. The van der Waals surface area contributed by atoms with Crippen molar-refractivity contribution in [1.82, 2.24) is 4.98 Å². The molecule has 20 heavy (non-hydrogen) atoms. The van der Waals surface area contributed by atoms with Gasteiger partial charge in [0, 0.05) is 6.54 Å². The lowest BCUT2D eigenvalue weighted by Gasteiger charge is -2.16. The lowest BCUT2D eigenvalue weighted by Crippen LogP contribution is -2.05. The van der Waals surface area contributed by atoms with Gasteiger partial charge in [-0.05, 0) is 61.1 Å². The molecule has 1 heterocycles. The van der Waals surface area contributed by atoms with Crippen LogP contribution in [-0.4, -0.2) is 4.98 Å². The van der Waals surface area contributed by atoms with Crippen molar-refractivity contribution < 1.29 is 4.74 Å². The lowest BCUT2D eigenvalue weighted by atomic mass is 9.92. The Morgan fingerprint density at radius 3 is 2.65 bits per heavy atom. The van der Waals surface area contributed by atoms with Crippen LogP contribution in [0.25, 0.3) is 0 Å². The van der Waals surface area contributed by atoms with Crippen molar-refractivity contribution in [3.8, 4) is 5.75 Å². The number of ether oxygens (including phenoxy) is 1. The number of nitrogens with two attached hydrogens (primary N) is 1. The highest BCUT2D eigenvalue weighted by Crippen LogP contribution is 2.25. The number of fused-ring (bicyclic) bond motifs is 1. The minimum Gasteiger partial charge on any atom is -0.487 e. The highest BCUT2D eigenvalue weighted by atomic mass is 16.5. The van der Waals surface area contributed by atoms with Crippen molar-refractivity contribution in [2.24, 2.45) is 5.73 Å². The van der Waals surface area contributed by atoms with Gasteiger partial charge in [0.2, 0.25) is 0 Å². The molecule has 1 aromatic heterocycles. The van der Waals surface area contributed by atoms with Crippen molar-refractivity contribution in [1.29, 1.82) is 0 Å². The maximum atomic E-state index is 5.85. The van der Waals surface area contributed by atoms with E-state index in [4.69, 9.17) is 10.5 Å². The van der Waals surface area contributed by atoms with Crippen LogP contribution in [0.4, 0.5) is 0 Å². The molecule has 3 heteroatoms. The Morgan fingerprint density at radius 1 is 1.00 bits per heavy atom. The highest BCUT2D eigenvalue weighted by Gasteiger charge is 2.10. The zero-order valence-corrected chi connectivity index (χ0v) is 11.6. The monoisotopic (exact) mass is 268 g/mol. The Hall–Kier alpha value is -1.87. The molecule has 0 spiro atoms. The largest absolute Gasteiger partial charge is 0.487 e. The number of aryl methyl sites for hydroxylation is 2. The minimum atomic E-state index is 0.465. The van der Waals surface area contributed by atoms with Crippen LogP contribution in [0.3, 0.4) is 0 Å². The number of aromatic nitrogens is 1. The molecule has 0 amide bonds. The van der Waals surface area contributed by atoms with Gasteiger partial charge in [0.1, 0.15) is 12.4 Å². The second kappa shape index (κ2) is 6.06. The predicted octanol–water partition coefficient (Wildman–Crippen LogP) is 3.00. The van der Waals surface area contributed by atoms with E-state index in [9.17, 15) is 0 Å². The molecule has 0 saturated carbocycles. The van der Waals surface area contributed by atoms with Gasteiger partial charge in [-0.3, -0.25) is 4.98 Å². The van der Waals surface area contributed by atoms with Gasteiger partial charge < -0.3 is 10.5 Å². The van der Waals surface area contributed by atoms with Crippen molar-refractivity contribution in [3.63, 3.8) is 0 Å². The first-order valence-corrected chi connectivity index (χ1v) is 7.24. The predicted molar refractivity (Wildman–Crippen MR) is 79.5 cm³/mol. The molecule has 1 aromatic carbocycles. The summed E-state index contributed by atoms with van der Waals surface area (Å²) in [5, 5.41) is 0. The molecule has 0 atom stereocenters. The van der Waals surface area contributed by atoms with E-state index < -0.39 is 0 Å². The molecule has 1 aliphatic carbocycles. The summed E-state index contributed by atoms with van der Waals surface area (Å²) >= 11 is 0. The molecular weight excluding hydrogens is 248 g/mol. The molecule has 0 fully saturated rings. The summed E-state index contributed by atoms with van der Waals surface area (Å²) in [7, 11) is 0. The average Bonchev–Trinajstić information content (AvgIpc) is 2.53. The van der Waals surface area contributed by atoms with Crippen molar-refractivity contribution in [2.75, 3.05) is 0 Å². The summed E-state index contributed by atoms with van der Waals surface area (Å²) in [5.74, 6) is 0.936. The SMILES string of the molecule is NCc1cccc(COc2ccc3c(c2)CCCC3)n1. The molecule has 0 unspecified atom stereocenters. The van der Waals surface area contributed by atoms with Gasteiger partial charge >= 0.3 is 0 Å². The van der Waals surface area contributed by atoms with Crippen molar-refractivity contribution in [3.05, 3.63) is 58.9 Å². The number of benzene rings is 1. The van der Waals surface area contributed by atoms with E-state index in [2.05, 4.69) is 23.2 Å². The third-order valence-electron chi connectivity index (χ3n) is 3.78. The smallest absolute Gasteiger partial charge is 0.130 e. The normalized spacial score (nSPS) is 13.8. The van der Waals surface area contributed by atoms with E-state index in [-0.39, 0.29) is 0 Å². The fourth-order valence-corrected chi connectivity index (χ4v) is 2.68. The first-order valence-electron chi connectivity index (χ1n) is 7.24. The summed E-state index contributed by atoms with van der Waals surface area (Å²) in [6.45, 7) is 0.958. The van der Waals surface area contributed by atoms with Crippen molar-refractivity contribution in [2.45, 2.75) is 38.8 Å². The molecule has 1 aliphatic rings. The van der Waals surface area contributed by atoms with E-state index in [1.807, 2.05) is 18.2 Å². The Kier molecular flexibility index (Phi) is 3.97. The van der Waals surface area contributed by atoms with Crippen LogP contribution in [0, 0.1) is 0 Å². The van der Waals surface area contributed by atoms with Crippen LogP contribution in [-0.2, 0) is 26.0 Å². The van der Waals surface area contributed by atoms with Gasteiger partial charge in [-0.25, -0.2) is 0 Å². The van der Waals surface area contributed by atoms with Crippen LogP contribution in [0.15, 0.2) is 36.4 Å². The standard InChI is InChI=1S/C17H20N2O/c18-11-15-6-3-7-16(19-15)12-20-17-9-8-13-4-1-2-5-14(13)10-17/h3,6-10H,1-2,4-5,11-12,18H2. The molecule has 0 radical (unpaired) electrons. The Labute approximate surface area is 119 Å². The first-order chi connectivity index (χ1) is 9.85. The third kappa shape index (κ3) is 2.99. The third-order valence-corrected chi connectivity index (χ3v) is 3.78. The van der Waals surface area contributed by atoms with Gasteiger partial charge in [-0.15, -0.1) is 0 Å². The van der Waals surface area contributed by atoms with Gasteiger partial charge in [0.25, 0.3) is 0 Å². The van der Waals surface area contributed by atoms with E-state index >= 15 is 0 Å². The molecule has 104 valence electrons. The second-order valence-electron chi connectivity index (χ2n) is 5.25. The molecule has 0 bridgehead atoms. The minimum absolute atomic E-state index is 0.465. The number of rotatable bonds is 4. The Balaban J connectivity index is 1.68. The Bertz CT molecular complexity index is 595. The maximum absolute atomic E-state index is 5.85. The van der Waals surface area contributed by atoms with Crippen molar-refractivity contribution >= 4 is 0 Å². The average molecular weight is 268 g/mol. The van der Waals surface area contributed by atoms with Crippen LogP contribution in [0.2, 0.25) is 0 Å². The zero-order valence-electron chi connectivity index (χ0n) is 11.6. The van der Waals surface area contributed by atoms with Gasteiger partial charge in [0.15, 0.2) is 0 Å². The number of nitrogens with zero attached hydrogens (tertiary/aromatic N) is 1. The summed E-state index contributed by atoms with van der Waals surface area (Å²) in [4.78, 5) is 4.44. The molecule has 2 aromatic rings. The van der Waals surface area contributed by atoms with Crippen LogP contribution < -0.4 is 10.5 Å². The van der Waals surface area contributed by atoms with Gasteiger partial charge in [-0.1, -0.05) is 12.1 Å². The van der Waals surface area contributed by atoms with Crippen LogP contribution in [0.5, 0.6) is 5.75 Å². The Morgan fingerprint density at radius 2 is 1.80 bits per heavy atom. The molecular formula is C17H20N2O. The van der Waals surface area contributed by atoms with Crippen LogP contribution in [0.1, 0.15) is 35.4 Å². The van der Waals surface area contributed by atoms with E-state index in [1.54, 1.807) is 0 Å². The zero-order chi connectivity index (χ0) is 13.8. The summed E-state index contributed by atoms with van der Waals surface area (Å²) in [5.41, 5.74) is 10.3. The van der Waals surface area contributed by atoms with Gasteiger partial charge in [0.05, 0.1) is 11.4 Å². The van der Waals surface area contributed by atoms with Crippen LogP contribution >= 0.6 is 0 Å². The quantitative estimate of drug-likeness (QED) is 0.927. The lowest BCUT2D eigenvalue weighted by molar-refractivity contribution is 0.300. The summed E-state index contributed by atoms with van der Waals surface area (Å²) in [6.07, 6.45) is 4.97. The highest BCUT2D eigenvalue weighted by molar-refractivity contribution is 5.37. The fraction of sp³-hybridized carbons (Fsp3) is 0.353. The molecule has 3 rings (SSSR count). The second-order valence-corrected chi connectivity index (χ2v) is 5.25. The molecule has 3 nitrogen and oxygen atoms in total. The summed E-state index contributed by atoms with van der Waals surface area (Å²) in [6, 6.07) is 12.3. The van der Waals surface area contributed by atoms with E-state index in [0.29, 0.717) is 13.2 Å². The first kappa shape index (κ1) is 13.1. The molecule has 0 saturated heterocycles. The molecule has 2 N–H and O–H groups in total. The maximum Gasteiger partial charge on any atom is 0.130 e. The number of hydrogen-bond acceptors (Lipinski definition) is 3. The van der Waals surface area contributed by atoms with E-state index in [0.717, 1.165) is 17.1 Å². The fourth-order valence-electron chi connectivity index (χ4n) is 2.68. The topological polar surface area (TPSA) is 48.1 Å². The molecule has 0 aliphatic heterocycles. The van der Waals surface area contributed by atoms with E-state index in [1.165, 1.54) is 36.8 Å².